The molecule has 6 heteroatoms. The van der Waals surface area contributed by atoms with Crippen LogP contribution in [0.4, 0.5) is 5.69 Å². The Bertz CT molecular complexity index is 684. The van der Waals surface area contributed by atoms with Crippen LogP contribution in [0, 0.1) is 0 Å². The molecule has 0 aliphatic carbocycles. The topological polar surface area (TPSA) is 98.2 Å². The van der Waals surface area contributed by atoms with Gasteiger partial charge < -0.3 is 16.8 Å². The molecule has 2 aromatic rings. The Hall–Kier alpha value is -2.37. The number of carbonyl (C=O) groups is 2. The van der Waals surface area contributed by atoms with Gasteiger partial charge in [0, 0.05) is 17.8 Å². The fourth-order valence-corrected chi connectivity index (χ4v) is 2.06. The third kappa shape index (κ3) is 3.59. The summed E-state index contributed by atoms with van der Waals surface area (Å²) in [5, 5.41) is 2.89. The second-order valence-corrected chi connectivity index (χ2v) is 4.82. The van der Waals surface area contributed by atoms with E-state index in [-0.39, 0.29) is 16.5 Å². The Kier molecular flexibility index (Phi) is 4.57. The summed E-state index contributed by atoms with van der Waals surface area (Å²) in [5.41, 5.74) is 12.8. The molecule has 108 valence electrons. The SMILES string of the molecule is NCc1ccc(C(=O)Nc2ccc(C(N)=O)c(Cl)c2)cc1. The van der Waals surface area contributed by atoms with Crippen molar-refractivity contribution >= 4 is 29.1 Å². The predicted molar refractivity (Wildman–Crippen MR) is 82.3 cm³/mol. The predicted octanol–water partition coefficient (Wildman–Crippen LogP) is 2.15. The quantitative estimate of drug-likeness (QED) is 0.807. The summed E-state index contributed by atoms with van der Waals surface area (Å²) in [6.07, 6.45) is 0. The van der Waals surface area contributed by atoms with Crippen LogP contribution in [-0.4, -0.2) is 11.8 Å². The maximum Gasteiger partial charge on any atom is 0.255 e. The van der Waals surface area contributed by atoms with E-state index in [2.05, 4.69) is 5.32 Å². The smallest absolute Gasteiger partial charge is 0.255 e. The highest BCUT2D eigenvalue weighted by Crippen LogP contribution is 2.21. The number of carbonyl (C=O) groups excluding carboxylic acids is 2. The minimum absolute atomic E-state index is 0.193. The number of amides is 2. The van der Waals surface area contributed by atoms with Gasteiger partial charge >= 0.3 is 0 Å². The summed E-state index contributed by atoms with van der Waals surface area (Å²) in [7, 11) is 0. The number of anilines is 1. The maximum absolute atomic E-state index is 12.1. The lowest BCUT2D eigenvalue weighted by Crippen LogP contribution is -2.14. The van der Waals surface area contributed by atoms with Crippen molar-refractivity contribution in [2.24, 2.45) is 11.5 Å². The molecule has 2 amide bonds. The lowest BCUT2D eigenvalue weighted by atomic mass is 10.1. The van der Waals surface area contributed by atoms with E-state index in [4.69, 9.17) is 23.1 Å². The van der Waals surface area contributed by atoms with E-state index in [0.717, 1.165) is 5.56 Å². The van der Waals surface area contributed by atoms with E-state index in [9.17, 15) is 9.59 Å². The normalized spacial score (nSPS) is 10.2. The molecule has 5 N–H and O–H groups in total. The Morgan fingerprint density at radius 2 is 1.76 bits per heavy atom. The summed E-state index contributed by atoms with van der Waals surface area (Å²) in [5.74, 6) is -0.892. The number of halogens is 1. The van der Waals surface area contributed by atoms with E-state index in [0.29, 0.717) is 17.8 Å². The molecule has 0 bridgehead atoms. The fraction of sp³-hybridized carbons (Fsp3) is 0.0667. The van der Waals surface area contributed by atoms with Crippen LogP contribution in [0.5, 0.6) is 0 Å². The van der Waals surface area contributed by atoms with E-state index in [1.165, 1.54) is 12.1 Å². The highest BCUT2D eigenvalue weighted by molar-refractivity contribution is 6.34. The first-order valence-corrected chi connectivity index (χ1v) is 6.59. The molecule has 0 saturated heterocycles. The van der Waals surface area contributed by atoms with Gasteiger partial charge in [0.15, 0.2) is 0 Å². The molecule has 0 aromatic heterocycles. The molecule has 0 aliphatic heterocycles. The molecule has 0 radical (unpaired) electrons. The number of hydrogen-bond acceptors (Lipinski definition) is 3. The third-order valence-corrected chi connectivity index (χ3v) is 3.26. The van der Waals surface area contributed by atoms with Crippen LogP contribution >= 0.6 is 11.6 Å². The van der Waals surface area contributed by atoms with Crippen LogP contribution in [0.1, 0.15) is 26.3 Å². The van der Waals surface area contributed by atoms with Gasteiger partial charge in [0.2, 0.25) is 5.91 Å². The zero-order valence-corrected chi connectivity index (χ0v) is 11.9. The van der Waals surface area contributed by atoms with Crippen molar-refractivity contribution in [3.63, 3.8) is 0 Å². The number of primary amides is 1. The largest absolute Gasteiger partial charge is 0.366 e. The third-order valence-electron chi connectivity index (χ3n) is 2.94. The molecule has 2 rings (SSSR count). The summed E-state index contributed by atoms with van der Waals surface area (Å²) >= 11 is 5.93. The molecule has 0 unspecified atom stereocenters. The Morgan fingerprint density at radius 1 is 1.10 bits per heavy atom. The summed E-state index contributed by atoms with van der Waals surface area (Å²) in [4.78, 5) is 23.1. The first kappa shape index (κ1) is 15.0. The fourth-order valence-electron chi connectivity index (χ4n) is 1.79. The Morgan fingerprint density at radius 3 is 2.29 bits per heavy atom. The minimum atomic E-state index is -0.616. The van der Waals surface area contributed by atoms with E-state index >= 15 is 0 Å². The molecular weight excluding hydrogens is 290 g/mol. The molecule has 5 nitrogen and oxygen atoms in total. The lowest BCUT2D eigenvalue weighted by Gasteiger charge is -2.08. The average molecular weight is 304 g/mol. The molecule has 0 saturated carbocycles. The Balaban J connectivity index is 2.15. The van der Waals surface area contributed by atoms with Crippen molar-refractivity contribution in [3.8, 4) is 0 Å². The van der Waals surface area contributed by atoms with E-state index < -0.39 is 5.91 Å². The number of nitrogens with two attached hydrogens (primary N) is 2. The van der Waals surface area contributed by atoms with Gasteiger partial charge in [-0.05, 0) is 35.9 Å². The van der Waals surface area contributed by atoms with Crippen molar-refractivity contribution in [2.75, 3.05) is 5.32 Å². The molecule has 0 atom stereocenters. The number of benzene rings is 2. The minimum Gasteiger partial charge on any atom is -0.366 e. The van der Waals surface area contributed by atoms with Gasteiger partial charge in [0.05, 0.1) is 10.6 Å². The lowest BCUT2D eigenvalue weighted by molar-refractivity contribution is 0.0998. The zero-order chi connectivity index (χ0) is 15.4. The molecule has 0 fully saturated rings. The number of nitrogens with one attached hydrogen (secondary N) is 1. The highest BCUT2D eigenvalue weighted by atomic mass is 35.5. The van der Waals surface area contributed by atoms with Gasteiger partial charge in [-0.25, -0.2) is 0 Å². The summed E-state index contributed by atoms with van der Waals surface area (Å²) < 4.78 is 0. The summed E-state index contributed by atoms with van der Waals surface area (Å²) in [6.45, 7) is 0.423. The number of hydrogen-bond donors (Lipinski definition) is 3. The highest BCUT2D eigenvalue weighted by Gasteiger charge is 2.10. The average Bonchev–Trinajstić information content (AvgIpc) is 2.47. The van der Waals surface area contributed by atoms with Crippen LogP contribution in [0.15, 0.2) is 42.5 Å². The molecule has 2 aromatic carbocycles. The monoisotopic (exact) mass is 303 g/mol. The second-order valence-electron chi connectivity index (χ2n) is 4.41. The van der Waals surface area contributed by atoms with Gasteiger partial charge in [-0.15, -0.1) is 0 Å². The van der Waals surface area contributed by atoms with Crippen molar-refractivity contribution in [2.45, 2.75) is 6.54 Å². The molecule has 0 spiro atoms. The van der Waals surface area contributed by atoms with Crippen LogP contribution in [0.2, 0.25) is 5.02 Å². The molecule has 0 aliphatic rings. The van der Waals surface area contributed by atoms with Crippen molar-refractivity contribution in [1.82, 2.24) is 0 Å². The number of rotatable bonds is 4. The van der Waals surface area contributed by atoms with Gasteiger partial charge in [-0.3, -0.25) is 9.59 Å². The molecule has 21 heavy (non-hydrogen) atoms. The zero-order valence-electron chi connectivity index (χ0n) is 11.1. The molecule has 0 heterocycles. The van der Waals surface area contributed by atoms with Crippen molar-refractivity contribution in [1.29, 1.82) is 0 Å². The van der Waals surface area contributed by atoms with Crippen molar-refractivity contribution in [3.05, 3.63) is 64.2 Å². The Labute approximate surface area is 126 Å². The van der Waals surface area contributed by atoms with Gasteiger partial charge in [0.1, 0.15) is 0 Å². The maximum atomic E-state index is 12.1. The van der Waals surface area contributed by atoms with E-state index in [1.807, 2.05) is 0 Å². The van der Waals surface area contributed by atoms with Crippen LogP contribution in [0.25, 0.3) is 0 Å². The van der Waals surface area contributed by atoms with Gasteiger partial charge in [-0.1, -0.05) is 23.7 Å². The van der Waals surface area contributed by atoms with Crippen molar-refractivity contribution < 1.29 is 9.59 Å². The van der Waals surface area contributed by atoms with Crippen LogP contribution in [0.3, 0.4) is 0 Å². The van der Waals surface area contributed by atoms with Gasteiger partial charge in [-0.2, -0.15) is 0 Å². The first-order valence-electron chi connectivity index (χ1n) is 6.21. The van der Waals surface area contributed by atoms with Crippen LogP contribution < -0.4 is 16.8 Å². The van der Waals surface area contributed by atoms with Gasteiger partial charge in [0.25, 0.3) is 5.91 Å². The van der Waals surface area contributed by atoms with Crippen LogP contribution in [-0.2, 0) is 6.54 Å². The second kappa shape index (κ2) is 6.39. The van der Waals surface area contributed by atoms with E-state index in [1.54, 1.807) is 30.3 Å². The molecular formula is C15H14ClN3O2. The summed E-state index contributed by atoms with van der Waals surface area (Å²) in [6, 6.07) is 11.5. The first-order chi connectivity index (χ1) is 10.0. The standard InChI is InChI=1S/C15H14ClN3O2/c16-13-7-11(5-6-12(13)14(18)20)19-15(21)10-3-1-9(8-17)2-4-10/h1-7H,8,17H2,(H2,18,20)(H,19,21).